The molecule has 0 aliphatic rings. The van der Waals surface area contributed by atoms with Crippen molar-refractivity contribution in [3.63, 3.8) is 0 Å². The van der Waals surface area contributed by atoms with E-state index in [0.717, 1.165) is 0 Å². The Morgan fingerprint density at radius 1 is 1.06 bits per heavy atom. The molecule has 0 saturated heterocycles. The summed E-state index contributed by atoms with van der Waals surface area (Å²) in [5.74, 6) is 1.07. The van der Waals surface area contributed by atoms with E-state index in [1.807, 2.05) is 0 Å². The van der Waals surface area contributed by atoms with E-state index in [0.29, 0.717) is 17.2 Å². The second-order valence-corrected chi connectivity index (χ2v) is 3.39. The van der Waals surface area contributed by atoms with Crippen LogP contribution in [0.15, 0.2) is 18.2 Å². The second kappa shape index (κ2) is 6.34. The molecule has 0 bridgehead atoms. The SMILES string of the molecule is COc1cc(NCOCC(F)(F)F)cc(OC)c1. The van der Waals surface area contributed by atoms with Crippen LogP contribution in [0.25, 0.3) is 0 Å². The molecule has 18 heavy (non-hydrogen) atoms. The molecule has 1 aromatic carbocycles. The predicted molar refractivity (Wildman–Crippen MR) is 60.0 cm³/mol. The fourth-order valence-corrected chi connectivity index (χ4v) is 1.21. The van der Waals surface area contributed by atoms with E-state index in [-0.39, 0.29) is 6.73 Å². The summed E-state index contributed by atoms with van der Waals surface area (Å²) in [5, 5.41) is 2.68. The molecule has 1 aromatic rings. The van der Waals surface area contributed by atoms with Gasteiger partial charge in [0.1, 0.15) is 24.8 Å². The van der Waals surface area contributed by atoms with Gasteiger partial charge in [0.25, 0.3) is 0 Å². The first-order chi connectivity index (χ1) is 8.44. The molecule has 0 aromatic heterocycles. The molecule has 0 spiro atoms. The maximum atomic E-state index is 11.8. The summed E-state index contributed by atoms with van der Waals surface area (Å²) in [6, 6.07) is 4.90. The second-order valence-electron chi connectivity index (χ2n) is 3.39. The van der Waals surface area contributed by atoms with Crippen LogP contribution in [0.3, 0.4) is 0 Å². The first kappa shape index (κ1) is 14.4. The summed E-state index contributed by atoms with van der Waals surface area (Å²) in [5.41, 5.74) is 0.549. The van der Waals surface area contributed by atoms with Crippen molar-refractivity contribution in [2.75, 3.05) is 32.9 Å². The lowest BCUT2D eigenvalue weighted by Gasteiger charge is -2.12. The highest BCUT2D eigenvalue weighted by atomic mass is 19.4. The predicted octanol–water partition coefficient (Wildman–Crippen LogP) is 2.65. The zero-order valence-electron chi connectivity index (χ0n) is 10.0. The standard InChI is InChI=1S/C11H14F3NO3/c1-16-9-3-8(4-10(5-9)17-2)15-7-18-6-11(12,13)14/h3-5,15H,6-7H2,1-2H3. The highest BCUT2D eigenvalue weighted by molar-refractivity contribution is 5.53. The number of alkyl halides is 3. The quantitative estimate of drug-likeness (QED) is 0.634. The van der Waals surface area contributed by atoms with Gasteiger partial charge in [0, 0.05) is 23.9 Å². The van der Waals surface area contributed by atoms with E-state index >= 15 is 0 Å². The molecule has 1 N–H and O–H groups in total. The number of methoxy groups -OCH3 is 2. The number of ether oxygens (including phenoxy) is 3. The van der Waals surface area contributed by atoms with E-state index in [4.69, 9.17) is 9.47 Å². The third-order valence-electron chi connectivity index (χ3n) is 2.00. The molecule has 0 radical (unpaired) electrons. The van der Waals surface area contributed by atoms with Gasteiger partial charge in [0.05, 0.1) is 14.2 Å². The summed E-state index contributed by atoms with van der Waals surface area (Å²) < 4.78 is 49.9. The average molecular weight is 265 g/mol. The van der Waals surface area contributed by atoms with Crippen molar-refractivity contribution in [3.8, 4) is 11.5 Å². The molecule has 1 rings (SSSR count). The fourth-order valence-electron chi connectivity index (χ4n) is 1.21. The monoisotopic (exact) mass is 265 g/mol. The molecule has 0 amide bonds. The van der Waals surface area contributed by atoms with Crippen LogP contribution >= 0.6 is 0 Å². The maximum Gasteiger partial charge on any atom is 0.411 e. The summed E-state index contributed by atoms with van der Waals surface area (Å²) in [7, 11) is 2.97. The molecule has 102 valence electrons. The highest BCUT2D eigenvalue weighted by Crippen LogP contribution is 2.25. The summed E-state index contributed by atoms with van der Waals surface area (Å²) in [4.78, 5) is 0. The van der Waals surface area contributed by atoms with Crippen molar-refractivity contribution < 1.29 is 27.4 Å². The minimum Gasteiger partial charge on any atom is -0.497 e. The first-order valence-corrected chi connectivity index (χ1v) is 5.06. The minimum absolute atomic E-state index is 0.254. The smallest absolute Gasteiger partial charge is 0.411 e. The van der Waals surface area contributed by atoms with Crippen LogP contribution in [0.4, 0.5) is 18.9 Å². The zero-order valence-corrected chi connectivity index (χ0v) is 10.0. The highest BCUT2D eigenvalue weighted by Gasteiger charge is 2.27. The van der Waals surface area contributed by atoms with E-state index in [1.165, 1.54) is 14.2 Å². The van der Waals surface area contributed by atoms with Crippen LogP contribution < -0.4 is 14.8 Å². The van der Waals surface area contributed by atoms with E-state index in [2.05, 4.69) is 10.1 Å². The van der Waals surface area contributed by atoms with Crippen molar-refractivity contribution in [1.29, 1.82) is 0 Å². The lowest BCUT2D eigenvalue weighted by atomic mass is 10.3. The number of anilines is 1. The van der Waals surface area contributed by atoms with Crippen molar-refractivity contribution in [2.24, 2.45) is 0 Å². The first-order valence-electron chi connectivity index (χ1n) is 5.06. The van der Waals surface area contributed by atoms with Crippen LogP contribution in [0.1, 0.15) is 0 Å². The van der Waals surface area contributed by atoms with E-state index < -0.39 is 12.8 Å². The minimum atomic E-state index is -4.33. The van der Waals surface area contributed by atoms with Gasteiger partial charge in [-0.05, 0) is 0 Å². The number of rotatable bonds is 6. The molecular weight excluding hydrogens is 251 g/mol. The van der Waals surface area contributed by atoms with E-state index in [9.17, 15) is 13.2 Å². The Labute approximate surface area is 103 Å². The Morgan fingerprint density at radius 3 is 2.06 bits per heavy atom. The molecule has 0 atom stereocenters. The van der Waals surface area contributed by atoms with Crippen LogP contribution in [0.5, 0.6) is 11.5 Å². The lowest BCUT2D eigenvalue weighted by Crippen LogP contribution is -2.19. The summed E-state index contributed by atoms with van der Waals surface area (Å²) >= 11 is 0. The Morgan fingerprint density at radius 2 is 1.61 bits per heavy atom. The molecule has 4 nitrogen and oxygen atoms in total. The fraction of sp³-hybridized carbons (Fsp3) is 0.455. The molecule has 0 heterocycles. The number of nitrogens with one attached hydrogen (secondary N) is 1. The number of hydrogen-bond donors (Lipinski definition) is 1. The van der Waals surface area contributed by atoms with Gasteiger partial charge < -0.3 is 19.5 Å². The van der Waals surface area contributed by atoms with Crippen LogP contribution in [0.2, 0.25) is 0 Å². The van der Waals surface area contributed by atoms with E-state index in [1.54, 1.807) is 18.2 Å². The Hall–Kier alpha value is -1.63. The lowest BCUT2D eigenvalue weighted by molar-refractivity contribution is -0.172. The number of halogens is 3. The van der Waals surface area contributed by atoms with Gasteiger partial charge in [-0.2, -0.15) is 13.2 Å². The molecule has 0 aliphatic heterocycles. The molecule has 7 heteroatoms. The topological polar surface area (TPSA) is 39.7 Å². The van der Waals surface area contributed by atoms with Crippen molar-refractivity contribution in [1.82, 2.24) is 0 Å². The summed E-state index contributed by atoms with van der Waals surface area (Å²) in [6.07, 6.45) is -4.33. The molecular formula is C11H14F3NO3. The van der Waals surface area contributed by atoms with Gasteiger partial charge >= 0.3 is 6.18 Å². The van der Waals surface area contributed by atoms with Gasteiger partial charge in [-0.25, -0.2) is 0 Å². The third kappa shape index (κ3) is 5.13. The zero-order chi connectivity index (χ0) is 13.6. The summed E-state index contributed by atoms with van der Waals surface area (Å²) in [6.45, 7) is -1.54. The largest absolute Gasteiger partial charge is 0.497 e. The van der Waals surface area contributed by atoms with Crippen LogP contribution in [0, 0.1) is 0 Å². The van der Waals surface area contributed by atoms with Crippen molar-refractivity contribution >= 4 is 5.69 Å². The number of hydrogen-bond acceptors (Lipinski definition) is 4. The van der Waals surface area contributed by atoms with Crippen LogP contribution in [-0.4, -0.2) is 33.7 Å². The van der Waals surface area contributed by atoms with Crippen LogP contribution in [-0.2, 0) is 4.74 Å². The molecule has 0 fully saturated rings. The van der Waals surface area contributed by atoms with Gasteiger partial charge in [-0.15, -0.1) is 0 Å². The Kier molecular flexibility index (Phi) is 5.08. The van der Waals surface area contributed by atoms with Crippen molar-refractivity contribution in [2.45, 2.75) is 6.18 Å². The molecule has 0 saturated carbocycles. The van der Waals surface area contributed by atoms with Gasteiger partial charge in [0.15, 0.2) is 0 Å². The molecule has 0 aliphatic carbocycles. The number of benzene rings is 1. The normalized spacial score (nSPS) is 11.2. The van der Waals surface area contributed by atoms with Crippen molar-refractivity contribution in [3.05, 3.63) is 18.2 Å². The molecule has 0 unspecified atom stereocenters. The van der Waals surface area contributed by atoms with Gasteiger partial charge in [-0.3, -0.25) is 0 Å². The Bertz CT molecular complexity index is 360. The average Bonchev–Trinajstić information content (AvgIpc) is 2.33. The Balaban J connectivity index is 2.51. The van der Waals surface area contributed by atoms with Gasteiger partial charge in [-0.1, -0.05) is 0 Å². The van der Waals surface area contributed by atoms with Gasteiger partial charge in [0.2, 0.25) is 0 Å². The maximum absolute atomic E-state index is 11.8. The third-order valence-corrected chi connectivity index (χ3v) is 2.00.